The van der Waals surface area contributed by atoms with E-state index in [-0.39, 0.29) is 5.82 Å². The first-order valence-electron chi connectivity index (χ1n) is 5.32. The van der Waals surface area contributed by atoms with E-state index in [1.54, 1.807) is 29.4 Å². The molecule has 1 aromatic heterocycles. The Hall–Kier alpha value is -2.10. The number of nitrogens with two attached hydrogens (primary N) is 1. The second-order valence-electron chi connectivity index (χ2n) is 3.89. The number of anilines is 2. The quantitative estimate of drug-likeness (QED) is 0.825. The number of nitrogens with zero attached hydrogens (tertiary/aromatic N) is 2. The van der Waals surface area contributed by atoms with Crippen LogP contribution in [0.15, 0.2) is 42.7 Å². The molecule has 1 aromatic carbocycles. The van der Waals surface area contributed by atoms with Crippen molar-refractivity contribution in [2.24, 2.45) is 0 Å². The molecular weight excluding hydrogens is 217 g/mol. The van der Waals surface area contributed by atoms with E-state index in [0.29, 0.717) is 17.9 Å². The number of hydrogen-bond acceptors (Lipinski definition) is 3. The lowest BCUT2D eigenvalue weighted by Crippen LogP contribution is -2.19. The fourth-order valence-electron chi connectivity index (χ4n) is 1.78. The molecule has 17 heavy (non-hydrogen) atoms. The van der Waals surface area contributed by atoms with Gasteiger partial charge in [-0.05, 0) is 29.8 Å². The SMILES string of the molecule is CN(Cc1ccncc1)c1c(N)cccc1F. The minimum atomic E-state index is -0.304. The van der Waals surface area contributed by atoms with Gasteiger partial charge in [0.15, 0.2) is 0 Å². The van der Waals surface area contributed by atoms with Crippen molar-refractivity contribution in [3.8, 4) is 0 Å². The van der Waals surface area contributed by atoms with Crippen LogP contribution in [-0.4, -0.2) is 12.0 Å². The maximum absolute atomic E-state index is 13.7. The second-order valence-corrected chi connectivity index (χ2v) is 3.89. The van der Waals surface area contributed by atoms with Gasteiger partial charge in [0.05, 0.1) is 11.4 Å². The van der Waals surface area contributed by atoms with Crippen molar-refractivity contribution in [2.45, 2.75) is 6.54 Å². The second kappa shape index (κ2) is 4.82. The van der Waals surface area contributed by atoms with Gasteiger partial charge in [0, 0.05) is 26.0 Å². The predicted molar refractivity (Wildman–Crippen MR) is 67.2 cm³/mol. The van der Waals surface area contributed by atoms with Crippen LogP contribution in [0.2, 0.25) is 0 Å². The molecule has 88 valence electrons. The summed E-state index contributed by atoms with van der Waals surface area (Å²) >= 11 is 0. The number of aromatic nitrogens is 1. The van der Waals surface area contributed by atoms with Crippen LogP contribution in [0.4, 0.5) is 15.8 Å². The van der Waals surface area contributed by atoms with E-state index in [4.69, 9.17) is 5.73 Å². The van der Waals surface area contributed by atoms with Crippen molar-refractivity contribution in [3.63, 3.8) is 0 Å². The largest absolute Gasteiger partial charge is 0.397 e. The van der Waals surface area contributed by atoms with Gasteiger partial charge in [0.25, 0.3) is 0 Å². The van der Waals surface area contributed by atoms with E-state index in [1.807, 2.05) is 19.2 Å². The Balaban J connectivity index is 2.23. The number of halogens is 1. The zero-order valence-corrected chi connectivity index (χ0v) is 9.60. The Morgan fingerprint density at radius 1 is 1.24 bits per heavy atom. The Morgan fingerprint density at radius 3 is 2.59 bits per heavy atom. The molecule has 0 aliphatic heterocycles. The lowest BCUT2D eigenvalue weighted by atomic mass is 10.2. The van der Waals surface area contributed by atoms with Crippen molar-refractivity contribution in [3.05, 3.63) is 54.1 Å². The van der Waals surface area contributed by atoms with Gasteiger partial charge in [0.1, 0.15) is 5.82 Å². The number of para-hydroxylation sites is 1. The molecule has 2 aromatic rings. The van der Waals surface area contributed by atoms with E-state index < -0.39 is 0 Å². The molecule has 0 bridgehead atoms. The first-order chi connectivity index (χ1) is 8.18. The van der Waals surface area contributed by atoms with Crippen LogP contribution in [-0.2, 0) is 6.54 Å². The molecule has 2 N–H and O–H groups in total. The molecule has 0 aliphatic rings. The van der Waals surface area contributed by atoms with Crippen molar-refractivity contribution >= 4 is 11.4 Å². The minimum absolute atomic E-state index is 0.304. The summed E-state index contributed by atoms with van der Waals surface area (Å²) in [6.45, 7) is 0.591. The summed E-state index contributed by atoms with van der Waals surface area (Å²) in [5, 5.41) is 0. The van der Waals surface area contributed by atoms with Crippen LogP contribution in [0.25, 0.3) is 0 Å². The molecule has 0 unspecified atom stereocenters. The van der Waals surface area contributed by atoms with Crippen LogP contribution < -0.4 is 10.6 Å². The highest BCUT2D eigenvalue weighted by Gasteiger charge is 2.11. The average Bonchev–Trinajstić information content (AvgIpc) is 2.30. The molecule has 0 amide bonds. The van der Waals surface area contributed by atoms with Gasteiger partial charge in [0.2, 0.25) is 0 Å². The van der Waals surface area contributed by atoms with Crippen molar-refractivity contribution in [1.29, 1.82) is 0 Å². The first kappa shape index (κ1) is 11.4. The van der Waals surface area contributed by atoms with E-state index in [2.05, 4.69) is 4.98 Å². The molecule has 0 radical (unpaired) electrons. The summed E-state index contributed by atoms with van der Waals surface area (Å²) in [6, 6.07) is 8.51. The van der Waals surface area contributed by atoms with Crippen LogP contribution >= 0.6 is 0 Å². The van der Waals surface area contributed by atoms with Gasteiger partial charge in [-0.1, -0.05) is 6.07 Å². The maximum Gasteiger partial charge on any atom is 0.148 e. The van der Waals surface area contributed by atoms with Crippen LogP contribution in [0.3, 0.4) is 0 Å². The lowest BCUT2D eigenvalue weighted by Gasteiger charge is -2.21. The molecule has 0 atom stereocenters. The van der Waals surface area contributed by atoms with Gasteiger partial charge in [-0.15, -0.1) is 0 Å². The Morgan fingerprint density at radius 2 is 1.94 bits per heavy atom. The molecule has 0 saturated carbocycles. The number of hydrogen-bond donors (Lipinski definition) is 1. The van der Waals surface area contributed by atoms with Gasteiger partial charge < -0.3 is 10.6 Å². The summed E-state index contributed by atoms with van der Waals surface area (Å²) in [5.41, 5.74) is 7.72. The summed E-state index contributed by atoms with van der Waals surface area (Å²) in [5.74, 6) is -0.304. The number of pyridine rings is 1. The van der Waals surface area contributed by atoms with Gasteiger partial charge >= 0.3 is 0 Å². The monoisotopic (exact) mass is 231 g/mol. The van der Waals surface area contributed by atoms with Gasteiger partial charge in [-0.25, -0.2) is 4.39 Å². The van der Waals surface area contributed by atoms with Gasteiger partial charge in [-0.2, -0.15) is 0 Å². The summed E-state index contributed by atoms with van der Waals surface area (Å²) in [6.07, 6.45) is 3.43. The van der Waals surface area contributed by atoms with E-state index in [1.165, 1.54) is 6.07 Å². The number of rotatable bonds is 3. The normalized spacial score (nSPS) is 10.2. The summed E-state index contributed by atoms with van der Waals surface area (Å²) in [7, 11) is 1.81. The summed E-state index contributed by atoms with van der Waals surface area (Å²) < 4.78 is 13.7. The highest BCUT2D eigenvalue weighted by molar-refractivity contribution is 5.67. The molecule has 0 aliphatic carbocycles. The third-order valence-electron chi connectivity index (χ3n) is 2.57. The molecule has 4 heteroatoms. The third kappa shape index (κ3) is 2.53. The van der Waals surface area contributed by atoms with Crippen LogP contribution in [0, 0.1) is 5.82 Å². The van der Waals surface area contributed by atoms with Gasteiger partial charge in [-0.3, -0.25) is 4.98 Å². The Labute approximate surface area is 99.7 Å². The predicted octanol–water partition coefficient (Wildman–Crippen LogP) is 2.44. The topological polar surface area (TPSA) is 42.2 Å². The fourth-order valence-corrected chi connectivity index (χ4v) is 1.78. The van der Waals surface area contributed by atoms with Crippen molar-refractivity contribution in [1.82, 2.24) is 4.98 Å². The van der Waals surface area contributed by atoms with E-state index in [9.17, 15) is 4.39 Å². The zero-order valence-electron chi connectivity index (χ0n) is 9.60. The van der Waals surface area contributed by atoms with E-state index >= 15 is 0 Å². The Bertz CT molecular complexity index is 479. The van der Waals surface area contributed by atoms with Crippen molar-refractivity contribution < 1.29 is 4.39 Å². The number of nitrogen functional groups attached to an aromatic ring is 1. The lowest BCUT2D eigenvalue weighted by molar-refractivity contribution is 0.623. The molecule has 0 fully saturated rings. The highest BCUT2D eigenvalue weighted by Crippen LogP contribution is 2.26. The van der Waals surface area contributed by atoms with Crippen LogP contribution in [0.1, 0.15) is 5.56 Å². The maximum atomic E-state index is 13.7. The Kier molecular flexibility index (Phi) is 3.23. The third-order valence-corrected chi connectivity index (χ3v) is 2.57. The first-order valence-corrected chi connectivity index (χ1v) is 5.32. The molecular formula is C13H14FN3. The fraction of sp³-hybridized carbons (Fsp3) is 0.154. The van der Waals surface area contributed by atoms with Crippen LogP contribution in [0.5, 0.6) is 0 Å². The molecule has 2 rings (SSSR count). The molecule has 0 saturated heterocycles. The van der Waals surface area contributed by atoms with E-state index in [0.717, 1.165) is 5.56 Å². The molecule has 3 nitrogen and oxygen atoms in total. The van der Waals surface area contributed by atoms with Crippen molar-refractivity contribution in [2.75, 3.05) is 17.7 Å². The molecule has 0 spiro atoms. The minimum Gasteiger partial charge on any atom is -0.397 e. The zero-order chi connectivity index (χ0) is 12.3. The average molecular weight is 231 g/mol. The smallest absolute Gasteiger partial charge is 0.148 e. The molecule has 1 heterocycles. The standard InChI is InChI=1S/C13H14FN3/c1-17(9-10-5-7-16-8-6-10)13-11(14)3-2-4-12(13)15/h2-8H,9,15H2,1H3. The highest BCUT2D eigenvalue weighted by atomic mass is 19.1. The number of benzene rings is 1. The summed E-state index contributed by atoms with van der Waals surface area (Å²) in [4.78, 5) is 5.73.